The molecule has 15 heavy (non-hydrogen) atoms. The molecular formula is C12H22N2O. The molecule has 0 bridgehead atoms. The summed E-state index contributed by atoms with van der Waals surface area (Å²) >= 11 is 0. The summed E-state index contributed by atoms with van der Waals surface area (Å²) in [5, 5.41) is 0. The first-order valence-electron chi connectivity index (χ1n) is 6.35. The lowest BCUT2D eigenvalue weighted by Crippen LogP contribution is -2.43. The van der Waals surface area contributed by atoms with Crippen molar-refractivity contribution in [2.75, 3.05) is 26.2 Å². The van der Waals surface area contributed by atoms with Crippen molar-refractivity contribution < 1.29 is 4.79 Å². The van der Waals surface area contributed by atoms with Gasteiger partial charge < -0.3 is 9.80 Å². The van der Waals surface area contributed by atoms with Crippen LogP contribution in [0.4, 0.5) is 4.79 Å². The Hall–Kier alpha value is -0.730. The minimum Gasteiger partial charge on any atom is -0.325 e. The maximum Gasteiger partial charge on any atom is 0.320 e. The summed E-state index contributed by atoms with van der Waals surface area (Å²) in [5.41, 5.74) is 0. The van der Waals surface area contributed by atoms with E-state index in [0.29, 0.717) is 6.03 Å². The average Bonchev–Trinajstić information content (AvgIpc) is 2.88. The second-order valence-corrected chi connectivity index (χ2v) is 4.87. The monoisotopic (exact) mass is 210 g/mol. The van der Waals surface area contributed by atoms with E-state index >= 15 is 0 Å². The summed E-state index contributed by atoms with van der Waals surface area (Å²) in [4.78, 5) is 16.2. The van der Waals surface area contributed by atoms with Crippen LogP contribution in [-0.2, 0) is 0 Å². The zero-order valence-corrected chi connectivity index (χ0v) is 9.74. The van der Waals surface area contributed by atoms with Gasteiger partial charge in [0.05, 0.1) is 0 Å². The summed E-state index contributed by atoms with van der Waals surface area (Å²) in [6, 6.07) is 0.293. The van der Waals surface area contributed by atoms with Crippen molar-refractivity contribution in [2.45, 2.75) is 39.0 Å². The lowest BCUT2D eigenvalue weighted by Gasteiger charge is -2.27. The molecule has 86 valence electrons. The van der Waals surface area contributed by atoms with E-state index in [4.69, 9.17) is 0 Å². The molecule has 1 aliphatic carbocycles. The van der Waals surface area contributed by atoms with Crippen LogP contribution < -0.4 is 0 Å². The van der Waals surface area contributed by atoms with E-state index in [1.54, 1.807) is 0 Å². The summed E-state index contributed by atoms with van der Waals surface area (Å²) in [7, 11) is 0. The van der Waals surface area contributed by atoms with E-state index in [1.807, 2.05) is 4.90 Å². The van der Waals surface area contributed by atoms with Crippen LogP contribution in [0.2, 0.25) is 0 Å². The van der Waals surface area contributed by atoms with Gasteiger partial charge in [0.1, 0.15) is 0 Å². The lowest BCUT2D eigenvalue weighted by molar-refractivity contribution is 0.160. The van der Waals surface area contributed by atoms with Crippen LogP contribution in [0.5, 0.6) is 0 Å². The second kappa shape index (κ2) is 4.86. The Bertz CT molecular complexity index is 220. The van der Waals surface area contributed by atoms with Crippen molar-refractivity contribution in [1.29, 1.82) is 0 Å². The topological polar surface area (TPSA) is 23.6 Å². The summed E-state index contributed by atoms with van der Waals surface area (Å²) < 4.78 is 0. The first kappa shape index (κ1) is 10.8. The number of amides is 2. The molecule has 0 aromatic rings. The number of carbonyl (C=O) groups excluding carboxylic acids is 1. The van der Waals surface area contributed by atoms with Gasteiger partial charge in [-0.3, -0.25) is 0 Å². The van der Waals surface area contributed by atoms with Gasteiger partial charge in [0.2, 0.25) is 0 Å². The smallest absolute Gasteiger partial charge is 0.320 e. The van der Waals surface area contributed by atoms with Gasteiger partial charge in [0.15, 0.2) is 0 Å². The minimum atomic E-state index is 0.293. The SMILES string of the molecule is CCCN(CC1CC1)C(=O)N1CCCC1. The van der Waals surface area contributed by atoms with Crippen LogP contribution >= 0.6 is 0 Å². The zero-order chi connectivity index (χ0) is 10.7. The third kappa shape index (κ3) is 2.86. The Morgan fingerprint density at radius 2 is 2.00 bits per heavy atom. The predicted molar refractivity (Wildman–Crippen MR) is 60.8 cm³/mol. The maximum atomic E-state index is 12.2. The highest BCUT2D eigenvalue weighted by molar-refractivity contribution is 5.74. The van der Waals surface area contributed by atoms with Crippen LogP contribution in [0.15, 0.2) is 0 Å². The van der Waals surface area contributed by atoms with Gasteiger partial charge in [-0.2, -0.15) is 0 Å². The quantitative estimate of drug-likeness (QED) is 0.698. The number of carbonyl (C=O) groups is 1. The molecule has 0 spiro atoms. The molecule has 0 unspecified atom stereocenters. The van der Waals surface area contributed by atoms with E-state index in [0.717, 1.165) is 38.5 Å². The first-order chi connectivity index (χ1) is 7.31. The number of likely N-dealkylation sites (tertiary alicyclic amines) is 1. The highest BCUT2D eigenvalue weighted by atomic mass is 16.2. The van der Waals surface area contributed by atoms with Gasteiger partial charge in [-0.1, -0.05) is 6.92 Å². The first-order valence-corrected chi connectivity index (χ1v) is 6.35. The fraction of sp³-hybridized carbons (Fsp3) is 0.917. The molecule has 2 amide bonds. The van der Waals surface area contributed by atoms with E-state index < -0.39 is 0 Å². The van der Waals surface area contributed by atoms with Crippen LogP contribution in [0, 0.1) is 5.92 Å². The van der Waals surface area contributed by atoms with Crippen molar-refractivity contribution in [3.8, 4) is 0 Å². The van der Waals surface area contributed by atoms with Crippen molar-refractivity contribution in [3.63, 3.8) is 0 Å². The van der Waals surface area contributed by atoms with Crippen LogP contribution in [0.25, 0.3) is 0 Å². The molecule has 0 aromatic heterocycles. The molecule has 2 aliphatic rings. The molecule has 3 nitrogen and oxygen atoms in total. The molecule has 1 aliphatic heterocycles. The molecular weight excluding hydrogens is 188 g/mol. The van der Waals surface area contributed by atoms with E-state index in [2.05, 4.69) is 11.8 Å². The predicted octanol–water partition coefficient (Wildman–Crippen LogP) is 2.32. The van der Waals surface area contributed by atoms with Gasteiger partial charge in [-0.15, -0.1) is 0 Å². The maximum absolute atomic E-state index is 12.2. The summed E-state index contributed by atoms with van der Waals surface area (Å²) in [6.45, 7) is 6.04. The highest BCUT2D eigenvalue weighted by Crippen LogP contribution is 2.30. The van der Waals surface area contributed by atoms with Crippen LogP contribution in [0.3, 0.4) is 0 Å². The number of nitrogens with zero attached hydrogens (tertiary/aromatic N) is 2. The fourth-order valence-corrected chi connectivity index (χ4v) is 2.26. The zero-order valence-electron chi connectivity index (χ0n) is 9.74. The molecule has 0 N–H and O–H groups in total. The van der Waals surface area contributed by atoms with Gasteiger partial charge in [0.25, 0.3) is 0 Å². The van der Waals surface area contributed by atoms with Crippen molar-refractivity contribution >= 4 is 6.03 Å². The van der Waals surface area contributed by atoms with Crippen LogP contribution in [0.1, 0.15) is 39.0 Å². The Kier molecular flexibility index (Phi) is 3.49. The second-order valence-electron chi connectivity index (χ2n) is 4.87. The van der Waals surface area contributed by atoms with Crippen LogP contribution in [-0.4, -0.2) is 42.0 Å². The Labute approximate surface area is 92.4 Å². The molecule has 0 atom stereocenters. The van der Waals surface area contributed by atoms with Crippen molar-refractivity contribution in [1.82, 2.24) is 9.80 Å². The third-order valence-corrected chi connectivity index (χ3v) is 3.32. The van der Waals surface area contributed by atoms with Gasteiger partial charge in [-0.25, -0.2) is 4.79 Å². The molecule has 1 heterocycles. The summed E-state index contributed by atoms with van der Waals surface area (Å²) in [5.74, 6) is 0.808. The van der Waals surface area contributed by atoms with E-state index in [1.165, 1.54) is 25.7 Å². The number of rotatable bonds is 4. The molecule has 0 radical (unpaired) electrons. The largest absolute Gasteiger partial charge is 0.325 e. The Balaban J connectivity index is 1.86. The minimum absolute atomic E-state index is 0.293. The fourth-order valence-electron chi connectivity index (χ4n) is 2.26. The third-order valence-electron chi connectivity index (χ3n) is 3.32. The van der Waals surface area contributed by atoms with Crippen molar-refractivity contribution in [3.05, 3.63) is 0 Å². The highest BCUT2D eigenvalue weighted by Gasteiger charge is 2.29. The van der Waals surface area contributed by atoms with Gasteiger partial charge in [0, 0.05) is 26.2 Å². The number of hydrogen-bond donors (Lipinski definition) is 0. The molecule has 1 saturated carbocycles. The lowest BCUT2D eigenvalue weighted by atomic mass is 10.3. The molecule has 2 rings (SSSR count). The molecule has 0 aromatic carbocycles. The molecule has 2 fully saturated rings. The standard InChI is InChI=1S/C12H22N2O/c1-2-7-14(10-11-5-6-11)12(15)13-8-3-4-9-13/h11H,2-10H2,1H3. The molecule has 1 saturated heterocycles. The molecule has 3 heteroatoms. The van der Waals surface area contributed by atoms with E-state index in [9.17, 15) is 4.79 Å². The number of hydrogen-bond acceptors (Lipinski definition) is 1. The van der Waals surface area contributed by atoms with Crippen molar-refractivity contribution in [2.24, 2.45) is 5.92 Å². The summed E-state index contributed by atoms with van der Waals surface area (Å²) in [6.07, 6.45) is 6.11. The van der Waals surface area contributed by atoms with Gasteiger partial charge in [-0.05, 0) is 38.0 Å². The Morgan fingerprint density at radius 1 is 1.33 bits per heavy atom. The average molecular weight is 210 g/mol. The normalized spacial score (nSPS) is 20.7. The Morgan fingerprint density at radius 3 is 2.53 bits per heavy atom. The van der Waals surface area contributed by atoms with E-state index in [-0.39, 0.29) is 0 Å². The number of urea groups is 1. The van der Waals surface area contributed by atoms with Gasteiger partial charge >= 0.3 is 6.03 Å².